The van der Waals surface area contributed by atoms with Crippen molar-refractivity contribution in [3.05, 3.63) is 52.3 Å². The average Bonchev–Trinajstić information content (AvgIpc) is 3.10. The number of anilines is 3. The number of aromatic nitrogens is 3. The molecular formula is C18H15ClF4N6O2. The van der Waals surface area contributed by atoms with Crippen molar-refractivity contribution in [2.45, 2.75) is 6.18 Å². The van der Waals surface area contributed by atoms with Gasteiger partial charge in [-0.2, -0.15) is 18.2 Å². The summed E-state index contributed by atoms with van der Waals surface area (Å²) >= 11 is 6.16. The van der Waals surface area contributed by atoms with E-state index in [1.807, 2.05) is 0 Å². The van der Waals surface area contributed by atoms with E-state index >= 15 is 0 Å². The monoisotopic (exact) mass is 458 g/mol. The van der Waals surface area contributed by atoms with Crippen LogP contribution in [0.5, 0.6) is 0 Å². The van der Waals surface area contributed by atoms with E-state index in [0.717, 1.165) is 24.3 Å². The maximum Gasteiger partial charge on any atom is 0.417 e. The first kappa shape index (κ1) is 22.3. The number of H-pyrrole nitrogens is 1. The highest BCUT2D eigenvalue weighted by Crippen LogP contribution is 2.43. The third-order valence-electron chi connectivity index (χ3n) is 4.05. The van der Waals surface area contributed by atoms with Crippen LogP contribution in [0.15, 0.2) is 30.3 Å². The van der Waals surface area contributed by atoms with Crippen LogP contribution in [0, 0.1) is 5.82 Å². The molecule has 0 aliphatic rings. The number of nitrogen functional groups attached to an aromatic ring is 1. The molecule has 1 amide bonds. The first-order valence-corrected chi connectivity index (χ1v) is 9.02. The molecule has 0 saturated heterocycles. The largest absolute Gasteiger partial charge is 0.417 e. The Balaban J connectivity index is 2.09. The molecule has 3 rings (SSSR count). The number of carbonyl (C=O) groups is 1. The quantitative estimate of drug-likeness (QED) is 0.360. The van der Waals surface area contributed by atoms with Crippen LogP contribution in [0.25, 0.3) is 11.1 Å². The summed E-state index contributed by atoms with van der Waals surface area (Å²) in [5.74, 6) is -1.94. The summed E-state index contributed by atoms with van der Waals surface area (Å²) in [6, 6.07) is 4.89. The van der Waals surface area contributed by atoms with Gasteiger partial charge in [0.25, 0.3) is 5.91 Å². The summed E-state index contributed by atoms with van der Waals surface area (Å²) in [5.41, 5.74) is 3.14. The van der Waals surface area contributed by atoms with Crippen molar-refractivity contribution < 1.29 is 27.5 Å². The minimum Gasteiger partial charge on any atom is -0.395 e. The highest BCUT2D eigenvalue weighted by Gasteiger charge is 2.35. The lowest BCUT2D eigenvalue weighted by Gasteiger charge is -2.17. The zero-order valence-corrected chi connectivity index (χ0v) is 16.3. The fourth-order valence-corrected chi connectivity index (χ4v) is 3.10. The van der Waals surface area contributed by atoms with Crippen LogP contribution in [0.1, 0.15) is 15.9 Å². The smallest absolute Gasteiger partial charge is 0.395 e. The van der Waals surface area contributed by atoms with Crippen molar-refractivity contribution in [3.8, 4) is 11.1 Å². The Morgan fingerprint density at radius 1 is 1.26 bits per heavy atom. The second-order valence-corrected chi connectivity index (χ2v) is 6.63. The van der Waals surface area contributed by atoms with E-state index in [1.165, 1.54) is 6.07 Å². The molecule has 6 N–H and O–H groups in total. The molecule has 0 saturated carbocycles. The molecule has 0 aliphatic heterocycles. The van der Waals surface area contributed by atoms with Crippen LogP contribution >= 0.6 is 11.6 Å². The number of benzene rings is 2. The number of rotatable bonds is 6. The van der Waals surface area contributed by atoms with Gasteiger partial charge >= 0.3 is 6.18 Å². The fraction of sp³-hybridized carbons (Fsp3) is 0.167. The van der Waals surface area contributed by atoms with Crippen LogP contribution in [0.3, 0.4) is 0 Å². The van der Waals surface area contributed by atoms with Crippen LogP contribution in [0.2, 0.25) is 5.02 Å². The third-order valence-corrected chi connectivity index (χ3v) is 4.35. The van der Waals surface area contributed by atoms with E-state index in [1.54, 1.807) is 0 Å². The van der Waals surface area contributed by atoms with Crippen LogP contribution in [0.4, 0.5) is 35.1 Å². The Morgan fingerprint density at radius 2 is 2.00 bits per heavy atom. The van der Waals surface area contributed by atoms with Crippen molar-refractivity contribution in [2.75, 3.05) is 24.2 Å². The maximum atomic E-state index is 14.1. The van der Waals surface area contributed by atoms with E-state index in [0.29, 0.717) is 0 Å². The molecule has 3 aromatic rings. The minimum absolute atomic E-state index is 0.0421. The number of alkyl halides is 3. The van der Waals surface area contributed by atoms with Gasteiger partial charge in [-0.1, -0.05) is 17.7 Å². The lowest BCUT2D eigenvalue weighted by molar-refractivity contribution is -0.137. The van der Waals surface area contributed by atoms with Gasteiger partial charge in [-0.25, -0.2) is 9.49 Å². The Kier molecular flexibility index (Phi) is 6.32. The van der Waals surface area contributed by atoms with Gasteiger partial charge in [0, 0.05) is 17.8 Å². The number of hydrogen-bond donors (Lipinski definition) is 5. The third kappa shape index (κ3) is 5.03. The van der Waals surface area contributed by atoms with Gasteiger partial charge in [0.05, 0.1) is 22.8 Å². The molecule has 0 aliphatic carbocycles. The molecule has 31 heavy (non-hydrogen) atoms. The molecule has 0 bridgehead atoms. The van der Waals surface area contributed by atoms with Crippen LogP contribution in [-0.4, -0.2) is 39.3 Å². The zero-order valence-electron chi connectivity index (χ0n) is 15.5. The molecular weight excluding hydrogens is 444 g/mol. The number of nitrogens with zero attached hydrogens (tertiary/aromatic N) is 2. The second-order valence-electron chi connectivity index (χ2n) is 6.22. The van der Waals surface area contributed by atoms with Gasteiger partial charge in [0.15, 0.2) is 0 Å². The summed E-state index contributed by atoms with van der Waals surface area (Å²) in [4.78, 5) is 15.8. The van der Waals surface area contributed by atoms with Crippen molar-refractivity contribution in [3.63, 3.8) is 0 Å². The number of carbonyl (C=O) groups excluding carboxylic acids is 1. The average molecular weight is 459 g/mol. The number of hydrogen-bond acceptors (Lipinski definition) is 6. The normalized spacial score (nSPS) is 11.4. The van der Waals surface area contributed by atoms with Gasteiger partial charge in [0.2, 0.25) is 11.9 Å². The maximum absolute atomic E-state index is 14.1. The Labute approximate surface area is 177 Å². The molecule has 1 aromatic heterocycles. The van der Waals surface area contributed by atoms with E-state index in [2.05, 4.69) is 25.8 Å². The summed E-state index contributed by atoms with van der Waals surface area (Å²) in [6.07, 6.45) is -4.83. The first-order valence-electron chi connectivity index (χ1n) is 8.64. The van der Waals surface area contributed by atoms with Crippen molar-refractivity contribution in [2.24, 2.45) is 0 Å². The van der Waals surface area contributed by atoms with E-state index < -0.39 is 34.6 Å². The van der Waals surface area contributed by atoms with Gasteiger partial charge in [0.1, 0.15) is 5.82 Å². The number of aliphatic hydroxyl groups excluding tert-OH is 1. The number of aromatic amines is 1. The van der Waals surface area contributed by atoms with Gasteiger partial charge in [-0.15, -0.1) is 5.10 Å². The number of halogens is 5. The molecule has 8 nitrogen and oxygen atoms in total. The second kappa shape index (κ2) is 8.78. The zero-order chi connectivity index (χ0) is 22.8. The van der Waals surface area contributed by atoms with Crippen LogP contribution < -0.4 is 16.4 Å². The predicted octanol–water partition coefficient (Wildman–Crippen LogP) is 3.33. The summed E-state index contributed by atoms with van der Waals surface area (Å²) in [5, 5.41) is 19.3. The number of nitrogens with two attached hydrogens (primary N) is 1. The Bertz CT molecular complexity index is 1120. The van der Waals surface area contributed by atoms with E-state index in [9.17, 15) is 22.4 Å². The molecule has 164 valence electrons. The van der Waals surface area contributed by atoms with Gasteiger partial charge in [-0.3, -0.25) is 4.79 Å². The lowest BCUT2D eigenvalue weighted by Crippen LogP contribution is -2.27. The summed E-state index contributed by atoms with van der Waals surface area (Å²) in [7, 11) is 0. The molecule has 0 radical (unpaired) electrons. The standard InChI is InChI=1S/C18H15ClF4N6O2/c19-12-7-9(26-17-27-16(24)28-29-17)6-11(18(21,22)23)14(12)8-1-2-13(20)10(5-8)15(31)25-3-4-30/h1-2,5-7,30H,3-4H2,(H,25,31)(H4,24,26,27,28,29). The van der Waals surface area contributed by atoms with Crippen molar-refractivity contribution >= 4 is 35.1 Å². The molecule has 0 unspecified atom stereocenters. The highest BCUT2D eigenvalue weighted by atomic mass is 35.5. The Hall–Kier alpha value is -3.38. The molecule has 0 atom stereocenters. The SMILES string of the molecule is Nc1nc(Nc2cc(Cl)c(-c3ccc(F)c(C(=O)NCCO)c3)c(C(F)(F)F)c2)n[nH]1. The topological polar surface area (TPSA) is 129 Å². The fourth-order valence-electron chi connectivity index (χ4n) is 2.77. The van der Waals surface area contributed by atoms with E-state index in [-0.39, 0.29) is 41.3 Å². The molecule has 2 aromatic carbocycles. The van der Waals surface area contributed by atoms with Crippen molar-refractivity contribution in [1.29, 1.82) is 0 Å². The molecule has 0 spiro atoms. The van der Waals surface area contributed by atoms with Gasteiger partial charge < -0.3 is 21.5 Å². The van der Waals surface area contributed by atoms with Crippen LogP contribution in [-0.2, 0) is 6.18 Å². The highest BCUT2D eigenvalue weighted by molar-refractivity contribution is 6.34. The number of nitrogens with one attached hydrogen (secondary N) is 3. The molecule has 1 heterocycles. The van der Waals surface area contributed by atoms with E-state index in [4.69, 9.17) is 22.4 Å². The molecule has 13 heteroatoms. The minimum atomic E-state index is -4.83. The first-order chi connectivity index (χ1) is 14.6. The molecule has 0 fully saturated rings. The predicted molar refractivity (Wildman–Crippen MR) is 105 cm³/mol. The number of aliphatic hydroxyl groups is 1. The Morgan fingerprint density at radius 3 is 2.61 bits per heavy atom. The summed E-state index contributed by atoms with van der Waals surface area (Å²) < 4.78 is 55.5. The van der Waals surface area contributed by atoms with Crippen molar-refractivity contribution in [1.82, 2.24) is 20.5 Å². The van der Waals surface area contributed by atoms with Gasteiger partial charge in [-0.05, 0) is 29.8 Å². The lowest BCUT2D eigenvalue weighted by atomic mass is 9.96. The number of amides is 1. The summed E-state index contributed by atoms with van der Waals surface area (Å²) in [6.45, 7) is -0.536.